The van der Waals surface area contributed by atoms with E-state index in [1.165, 1.54) is 7.11 Å². The van der Waals surface area contributed by atoms with Crippen molar-refractivity contribution in [3.8, 4) is 17.6 Å². The minimum Gasteiger partial charge on any atom is -0.496 e. The summed E-state index contributed by atoms with van der Waals surface area (Å²) in [4.78, 5) is 12.2. The summed E-state index contributed by atoms with van der Waals surface area (Å²) in [6.45, 7) is -0.456. The van der Waals surface area contributed by atoms with Gasteiger partial charge in [-0.15, -0.1) is 0 Å². The van der Waals surface area contributed by atoms with Crippen molar-refractivity contribution >= 4 is 15.9 Å². The maximum absolute atomic E-state index is 12.2. The summed E-state index contributed by atoms with van der Waals surface area (Å²) in [5.74, 6) is -0.184. The molecule has 1 atom stereocenters. The number of halogens is 1. The zero-order valence-electron chi connectivity index (χ0n) is 13.1. The second kappa shape index (κ2) is 6.63. The normalized spacial score (nSPS) is 16.0. The Morgan fingerprint density at radius 3 is 2.80 bits per heavy atom. The molecule has 128 valence electrons. The van der Waals surface area contributed by atoms with Gasteiger partial charge in [0.2, 0.25) is 17.1 Å². The highest BCUT2D eigenvalue weighted by atomic mass is 79.9. The van der Waals surface area contributed by atoms with Crippen LogP contribution in [0.25, 0.3) is 0 Å². The molecule has 0 saturated carbocycles. The average Bonchev–Trinajstić information content (AvgIpc) is 2.61. The van der Waals surface area contributed by atoms with E-state index >= 15 is 0 Å². The minimum absolute atomic E-state index is 0.0719. The van der Waals surface area contributed by atoms with Crippen LogP contribution in [-0.2, 0) is 6.61 Å². The molecule has 0 amide bonds. The van der Waals surface area contributed by atoms with E-state index in [0.717, 1.165) is 6.07 Å². The maximum Gasteiger partial charge on any atom is 0.228 e. The molecule has 8 heteroatoms. The van der Waals surface area contributed by atoms with E-state index in [9.17, 15) is 15.2 Å². The number of nitrogens with zero attached hydrogens (tertiary/aromatic N) is 1. The molecule has 0 spiro atoms. The monoisotopic (exact) mass is 404 g/mol. The number of methoxy groups -OCH3 is 1. The van der Waals surface area contributed by atoms with Gasteiger partial charge in [0.1, 0.15) is 29.8 Å². The van der Waals surface area contributed by atoms with E-state index in [0.29, 0.717) is 15.8 Å². The van der Waals surface area contributed by atoms with E-state index < -0.39 is 18.0 Å². The molecule has 25 heavy (non-hydrogen) atoms. The van der Waals surface area contributed by atoms with Crippen LogP contribution in [0.15, 0.2) is 49.4 Å². The van der Waals surface area contributed by atoms with Gasteiger partial charge >= 0.3 is 0 Å². The van der Waals surface area contributed by atoms with Crippen molar-refractivity contribution < 1.29 is 19.0 Å². The van der Waals surface area contributed by atoms with Crippen molar-refractivity contribution in [1.82, 2.24) is 0 Å². The fourth-order valence-electron chi connectivity index (χ4n) is 2.66. The van der Waals surface area contributed by atoms with E-state index in [-0.39, 0.29) is 28.7 Å². The summed E-state index contributed by atoms with van der Waals surface area (Å²) in [6.07, 6.45) is 0. The minimum atomic E-state index is -0.741. The summed E-state index contributed by atoms with van der Waals surface area (Å²) in [6, 6.07) is 8.33. The molecule has 0 bridgehead atoms. The van der Waals surface area contributed by atoms with E-state index in [1.807, 2.05) is 6.07 Å². The Labute approximate surface area is 151 Å². The number of fused-ring (bicyclic) bond motifs is 1. The highest BCUT2D eigenvalue weighted by Crippen LogP contribution is 2.42. The Morgan fingerprint density at radius 2 is 2.20 bits per heavy atom. The molecule has 0 unspecified atom stereocenters. The Kier molecular flexibility index (Phi) is 4.53. The molecule has 0 aliphatic carbocycles. The third-order valence-corrected chi connectivity index (χ3v) is 4.41. The number of benzene rings is 1. The van der Waals surface area contributed by atoms with Crippen LogP contribution in [0.2, 0.25) is 0 Å². The van der Waals surface area contributed by atoms with Gasteiger partial charge < -0.3 is 24.7 Å². The van der Waals surface area contributed by atoms with Crippen molar-refractivity contribution in [2.45, 2.75) is 12.5 Å². The van der Waals surface area contributed by atoms with Gasteiger partial charge in [-0.05, 0) is 33.6 Å². The average molecular weight is 405 g/mol. The third-order valence-electron chi connectivity index (χ3n) is 3.79. The fraction of sp³-hybridized carbons (Fsp3) is 0.176. The van der Waals surface area contributed by atoms with E-state index in [1.54, 1.807) is 18.2 Å². The van der Waals surface area contributed by atoms with Crippen LogP contribution < -0.4 is 20.6 Å². The summed E-state index contributed by atoms with van der Waals surface area (Å²) in [5.41, 5.74) is 6.11. The van der Waals surface area contributed by atoms with Gasteiger partial charge in [-0.25, -0.2) is 0 Å². The molecule has 3 N–H and O–H groups in total. The van der Waals surface area contributed by atoms with Crippen molar-refractivity contribution in [2.24, 2.45) is 5.73 Å². The molecule has 1 aromatic carbocycles. The van der Waals surface area contributed by atoms with Crippen LogP contribution in [0.1, 0.15) is 23.0 Å². The lowest BCUT2D eigenvalue weighted by Gasteiger charge is -2.25. The molecule has 2 heterocycles. The van der Waals surface area contributed by atoms with Crippen LogP contribution in [-0.4, -0.2) is 12.2 Å². The zero-order chi connectivity index (χ0) is 18.1. The van der Waals surface area contributed by atoms with E-state index in [4.69, 9.17) is 19.6 Å². The van der Waals surface area contributed by atoms with Crippen LogP contribution in [0.3, 0.4) is 0 Å². The summed E-state index contributed by atoms with van der Waals surface area (Å²) < 4.78 is 16.8. The predicted molar refractivity (Wildman–Crippen MR) is 90.9 cm³/mol. The van der Waals surface area contributed by atoms with Crippen LogP contribution in [0.4, 0.5) is 0 Å². The number of allylic oxidation sites excluding steroid dienone is 1. The summed E-state index contributed by atoms with van der Waals surface area (Å²) >= 11 is 3.39. The van der Waals surface area contributed by atoms with Gasteiger partial charge in [-0.2, -0.15) is 5.26 Å². The van der Waals surface area contributed by atoms with Gasteiger partial charge in [0.25, 0.3) is 0 Å². The fourth-order valence-corrected chi connectivity index (χ4v) is 3.22. The van der Waals surface area contributed by atoms with Gasteiger partial charge in [-0.1, -0.05) is 6.07 Å². The van der Waals surface area contributed by atoms with Crippen molar-refractivity contribution in [3.63, 3.8) is 0 Å². The van der Waals surface area contributed by atoms with E-state index in [2.05, 4.69) is 15.9 Å². The number of nitriles is 1. The molecular weight excluding hydrogens is 392 g/mol. The second-order valence-corrected chi connectivity index (χ2v) is 6.10. The number of rotatable bonds is 3. The first-order valence-electron chi connectivity index (χ1n) is 7.19. The lowest BCUT2D eigenvalue weighted by atomic mass is 9.87. The van der Waals surface area contributed by atoms with Crippen molar-refractivity contribution in [3.05, 3.63) is 67.5 Å². The Hall–Kier alpha value is -2.76. The summed E-state index contributed by atoms with van der Waals surface area (Å²) in [5, 5.41) is 18.8. The quantitative estimate of drug-likeness (QED) is 0.803. The van der Waals surface area contributed by atoms with Crippen molar-refractivity contribution in [1.29, 1.82) is 5.26 Å². The van der Waals surface area contributed by atoms with Gasteiger partial charge in [0.05, 0.1) is 17.5 Å². The molecule has 0 radical (unpaired) electrons. The predicted octanol–water partition coefficient (Wildman–Crippen LogP) is 2.12. The standard InChI is InChI=1S/C17H13BrN2O5/c1-23-13-3-2-8(4-11(13)18)14-10(6-19)17(20)25-15-12(22)5-9(7-21)24-16(14)15/h2-5,14,21H,7,20H2,1H3/t14-/m0/s1. The number of hydrogen-bond acceptors (Lipinski definition) is 7. The van der Waals surface area contributed by atoms with Crippen LogP contribution >= 0.6 is 15.9 Å². The number of aliphatic hydroxyl groups excluding tert-OH is 1. The third kappa shape index (κ3) is 2.88. The molecule has 1 aromatic heterocycles. The van der Waals surface area contributed by atoms with Crippen molar-refractivity contribution in [2.75, 3.05) is 7.11 Å². The smallest absolute Gasteiger partial charge is 0.228 e. The second-order valence-electron chi connectivity index (χ2n) is 5.25. The topological polar surface area (TPSA) is 119 Å². The lowest BCUT2D eigenvalue weighted by molar-refractivity contribution is 0.231. The lowest BCUT2D eigenvalue weighted by Crippen LogP contribution is -2.25. The highest BCUT2D eigenvalue weighted by molar-refractivity contribution is 9.10. The Morgan fingerprint density at radius 1 is 1.44 bits per heavy atom. The molecular formula is C17H13BrN2O5. The molecule has 1 aliphatic rings. The molecule has 0 saturated heterocycles. The zero-order valence-corrected chi connectivity index (χ0v) is 14.7. The maximum atomic E-state index is 12.2. The number of hydrogen-bond donors (Lipinski definition) is 2. The first kappa shape index (κ1) is 17.1. The largest absolute Gasteiger partial charge is 0.496 e. The van der Waals surface area contributed by atoms with Gasteiger partial charge in [0.15, 0.2) is 5.76 Å². The first-order valence-corrected chi connectivity index (χ1v) is 7.98. The van der Waals surface area contributed by atoms with Crippen LogP contribution in [0, 0.1) is 11.3 Å². The van der Waals surface area contributed by atoms with Gasteiger partial charge in [0, 0.05) is 6.07 Å². The number of aliphatic hydroxyl groups is 1. The number of nitrogens with two attached hydrogens (primary N) is 1. The molecule has 3 rings (SSSR count). The Balaban J connectivity index is 2.27. The highest BCUT2D eigenvalue weighted by Gasteiger charge is 2.35. The van der Waals surface area contributed by atoms with Crippen LogP contribution in [0.5, 0.6) is 11.5 Å². The molecule has 0 fully saturated rings. The molecule has 7 nitrogen and oxygen atoms in total. The molecule has 2 aromatic rings. The van der Waals surface area contributed by atoms with Gasteiger partial charge in [-0.3, -0.25) is 4.79 Å². The summed E-state index contributed by atoms with van der Waals surface area (Å²) in [7, 11) is 1.54. The SMILES string of the molecule is COc1ccc([C@H]2C(C#N)=C(N)Oc3c2oc(CO)cc3=O)cc1Br. The molecule has 1 aliphatic heterocycles. The number of ether oxygens (including phenoxy) is 2. The Bertz CT molecular complexity index is 974. The first-order chi connectivity index (χ1) is 12.0.